The highest BCUT2D eigenvalue weighted by atomic mass is 16.5. The maximum atomic E-state index is 13.3. The van der Waals surface area contributed by atoms with E-state index >= 15 is 0 Å². The number of benzene rings is 1. The van der Waals surface area contributed by atoms with Crippen molar-refractivity contribution in [2.75, 3.05) is 19.7 Å². The highest BCUT2D eigenvalue weighted by Crippen LogP contribution is 2.60. The Morgan fingerprint density at radius 2 is 1.57 bits per heavy atom. The van der Waals surface area contributed by atoms with Gasteiger partial charge in [-0.3, -0.25) is 9.59 Å². The summed E-state index contributed by atoms with van der Waals surface area (Å²) in [6.45, 7) is 3.98. The number of piperidine rings is 1. The summed E-state index contributed by atoms with van der Waals surface area (Å²) in [6.07, 6.45) is 9.11. The number of rotatable bonds is 5. The lowest BCUT2D eigenvalue weighted by molar-refractivity contribution is -0.147. The summed E-state index contributed by atoms with van der Waals surface area (Å²) in [7, 11) is 0. The molecule has 0 radical (unpaired) electrons. The van der Waals surface area contributed by atoms with Gasteiger partial charge in [-0.2, -0.15) is 0 Å². The van der Waals surface area contributed by atoms with Gasteiger partial charge in [0, 0.05) is 30.1 Å². The molecule has 30 heavy (non-hydrogen) atoms. The molecule has 1 N–H and O–H groups in total. The van der Waals surface area contributed by atoms with Gasteiger partial charge in [-0.05, 0) is 100 Å². The van der Waals surface area contributed by atoms with Crippen molar-refractivity contribution in [3.8, 4) is 5.75 Å². The summed E-state index contributed by atoms with van der Waals surface area (Å²) in [5.41, 5.74) is 0.624. The summed E-state index contributed by atoms with van der Waals surface area (Å²) in [5, 5.41) is 3.40. The smallest absolute Gasteiger partial charge is 0.253 e. The van der Waals surface area contributed by atoms with Crippen LogP contribution in [0.25, 0.3) is 0 Å². The lowest BCUT2D eigenvalue weighted by Crippen LogP contribution is -2.56. The van der Waals surface area contributed by atoms with E-state index in [2.05, 4.69) is 5.32 Å². The van der Waals surface area contributed by atoms with Crippen LogP contribution in [0.1, 0.15) is 68.6 Å². The Balaban J connectivity index is 1.15. The van der Waals surface area contributed by atoms with Crippen LogP contribution < -0.4 is 10.1 Å². The fourth-order valence-electron chi connectivity index (χ4n) is 7.00. The number of hydrogen-bond donors (Lipinski definition) is 1. The lowest BCUT2D eigenvalue weighted by atomic mass is 9.49. The van der Waals surface area contributed by atoms with Crippen LogP contribution in [0.4, 0.5) is 0 Å². The second-order valence-corrected chi connectivity index (χ2v) is 10.2. The van der Waals surface area contributed by atoms with Gasteiger partial charge in [0.15, 0.2) is 0 Å². The van der Waals surface area contributed by atoms with Gasteiger partial charge in [-0.15, -0.1) is 0 Å². The van der Waals surface area contributed by atoms with Crippen molar-refractivity contribution in [3.63, 3.8) is 0 Å². The Kier molecular flexibility index (Phi) is 5.24. The van der Waals surface area contributed by atoms with E-state index in [1.165, 1.54) is 19.3 Å². The maximum Gasteiger partial charge on any atom is 0.253 e. The minimum Gasteiger partial charge on any atom is -0.494 e. The predicted molar refractivity (Wildman–Crippen MR) is 115 cm³/mol. The van der Waals surface area contributed by atoms with E-state index in [1.807, 2.05) is 36.1 Å². The van der Waals surface area contributed by atoms with E-state index in [1.54, 1.807) is 0 Å². The van der Waals surface area contributed by atoms with E-state index in [-0.39, 0.29) is 17.4 Å². The molecule has 5 fully saturated rings. The molecule has 0 unspecified atom stereocenters. The molecule has 4 aliphatic carbocycles. The fourth-order valence-corrected chi connectivity index (χ4v) is 7.00. The van der Waals surface area contributed by atoms with Crippen LogP contribution in [0.15, 0.2) is 24.3 Å². The van der Waals surface area contributed by atoms with Crippen molar-refractivity contribution >= 4 is 11.8 Å². The van der Waals surface area contributed by atoms with Crippen LogP contribution in [0.3, 0.4) is 0 Å². The van der Waals surface area contributed by atoms with Crippen molar-refractivity contribution in [1.29, 1.82) is 0 Å². The molecule has 0 aromatic heterocycles. The first-order chi connectivity index (χ1) is 14.5. The molecule has 2 amide bonds. The van der Waals surface area contributed by atoms with E-state index in [4.69, 9.17) is 4.74 Å². The van der Waals surface area contributed by atoms with Gasteiger partial charge in [0.1, 0.15) is 5.75 Å². The zero-order chi connectivity index (χ0) is 20.7. The van der Waals surface area contributed by atoms with Gasteiger partial charge in [0.05, 0.1) is 6.61 Å². The number of nitrogens with zero attached hydrogens (tertiary/aromatic N) is 1. The topological polar surface area (TPSA) is 58.6 Å². The van der Waals surface area contributed by atoms with Gasteiger partial charge in [-0.1, -0.05) is 0 Å². The number of nitrogens with one attached hydrogen (secondary N) is 1. The number of hydrogen-bond acceptors (Lipinski definition) is 3. The number of carbonyl (C=O) groups excluding carboxylic acids is 2. The second-order valence-electron chi connectivity index (χ2n) is 10.2. The number of carbonyl (C=O) groups is 2. The Labute approximate surface area is 179 Å². The molecule has 5 heteroatoms. The first kappa shape index (κ1) is 19.9. The highest BCUT2D eigenvalue weighted by molar-refractivity contribution is 5.94. The molecule has 1 saturated heterocycles. The SMILES string of the molecule is CCOc1ccc(C(=O)N2CCC(NC(=O)C34CC5CC(CC(C5)C3)C4)CC2)cc1. The quantitative estimate of drug-likeness (QED) is 0.798. The van der Waals surface area contributed by atoms with Crippen LogP contribution in [0.5, 0.6) is 5.75 Å². The van der Waals surface area contributed by atoms with Crippen LogP contribution in [-0.4, -0.2) is 42.5 Å². The zero-order valence-corrected chi connectivity index (χ0v) is 18.1. The Hall–Kier alpha value is -2.04. The Morgan fingerprint density at radius 1 is 1.00 bits per heavy atom. The molecule has 4 bridgehead atoms. The average Bonchev–Trinajstić information content (AvgIpc) is 2.74. The molecule has 5 aliphatic rings. The molecule has 4 saturated carbocycles. The van der Waals surface area contributed by atoms with E-state index in [0.29, 0.717) is 31.2 Å². The van der Waals surface area contributed by atoms with Crippen LogP contribution in [-0.2, 0) is 4.79 Å². The highest BCUT2D eigenvalue weighted by Gasteiger charge is 2.54. The molecule has 162 valence electrons. The van der Waals surface area contributed by atoms with Gasteiger partial charge < -0.3 is 15.0 Å². The minimum atomic E-state index is -0.0794. The third-order valence-corrected chi connectivity index (χ3v) is 8.05. The monoisotopic (exact) mass is 410 g/mol. The molecule has 1 heterocycles. The summed E-state index contributed by atoms with van der Waals surface area (Å²) in [5.74, 6) is 3.55. The number of ether oxygens (including phenoxy) is 1. The molecule has 1 aromatic rings. The Morgan fingerprint density at radius 3 is 2.10 bits per heavy atom. The normalized spacial score (nSPS) is 32.8. The van der Waals surface area contributed by atoms with Gasteiger partial charge in [0.25, 0.3) is 5.91 Å². The largest absolute Gasteiger partial charge is 0.494 e. The predicted octanol–water partition coefficient (Wildman–Crippen LogP) is 4.02. The zero-order valence-electron chi connectivity index (χ0n) is 18.1. The molecule has 5 nitrogen and oxygen atoms in total. The molecular formula is C25H34N2O3. The van der Waals surface area contributed by atoms with E-state index in [0.717, 1.165) is 55.6 Å². The first-order valence-electron chi connectivity index (χ1n) is 11.9. The number of likely N-dealkylation sites (tertiary alicyclic amines) is 1. The third-order valence-electron chi connectivity index (χ3n) is 8.05. The number of amides is 2. The molecule has 1 aromatic carbocycles. The third kappa shape index (κ3) is 3.72. The first-order valence-corrected chi connectivity index (χ1v) is 11.9. The summed E-state index contributed by atoms with van der Waals surface area (Å²) in [4.78, 5) is 28.0. The van der Waals surface area contributed by atoms with Crippen molar-refractivity contribution in [3.05, 3.63) is 29.8 Å². The van der Waals surface area contributed by atoms with Crippen molar-refractivity contribution in [2.45, 2.75) is 64.3 Å². The van der Waals surface area contributed by atoms with Crippen LogP contribution in [0, 0.1) is 23.2 Å². The van der Waals surface area contributed by atoms with Gasteiger partial charge >= 0.3 is 0 Å². The van der Waals surface area contributed by atoms with Crippen LogP contribution >= 0.6 is 0 Å². The maximum absolute atomic E-state index is 13.3. The average molecular weight is 411 g/mol. The van der Waals surface area contributed by atoms with Crippen molar-refractivity contribution in [1.82, 2.24) is 10.2 Å². The standard InChI is InChI=1S/C25H34N2O3/c1-2-30-22-5-3-20(4-6-22)23(28)27-9-7-21(8-10-27)26-24(29)25-14-17-11-18(15-25)13-19(12-17)16-25/h3-6,17-19,21H,2,7-16H2,1H3,(H,26,29). The molecule has 0 spiro atoms. The molecule has 1 aliphatic heterocycles. The van der Waals surface area contributed by atoms with Crippen LogP contribution in [0.2, 0.25) is 0 Å². The molecule has 6 rings (SSSR count). The van der Waals surface area contributed by atoms with Crippen molar-refractivity contribution < 1.29 is 14.3 Å². The van der Waals surface area contributed by atoms with Gasteiger partial charge in [0.2, 0.25) is 5.91 Å². The lowest BCUT2D eigenvalue weighted by Gasteiger charge is -2.56. The van der Waals surface area contributed by atoms with E-state index < -0.39 is 0 Å². The fraction of sp³-hybridized carbons (Fsp3) is 0.680. The molecule has 0 atom stereocenters. The molecular weight excluding hydrogens is 376 g/mol. The second kappa shape index (κ2) is 7.90. The van der Waals surface area contributed by atoms with Crippen molar-refractivity contribution in [2.24, 2.45) is 23.2 Å². The summed E-state index contributed by atoms with van der Waals surface area (Å²) >= 11 is 0. The summed E-state index contributed by atoms with van der Waals surface area (Å²) < 4.78 is 5.46. The Bertz CT molecular complexity index is 760. The minimum absolute atomic E-state index is 0.0731. The summed E-state index contributed by atoms with van der Waals surface area (Å²) in [6, 6.07) is 7.60. The van der Waals surface area contributed by atoms with Gasteiger partial charge in [-0.25, -0.2) is 0 Å². The van der Waals surface area contributed by atoms with E-state index in [9.17, 15) is 9.59 Å².